The number of carbonyl (C=O) groups is 2. The van der Waals surface area contributed by atoms with Crippen LogP contribution in [-0.4, -0.2) is 24.3 Å². The zero-order valence-corrected chi connectivity index (χ0v) is 14.9. The normalized spacial score (nSPS) is 16.0. The summed E-state index contributed by atoms with van der Waals surface area (Å²) in [7, 11) is 0. The summed E-state index contributed by atoms with van der Waals surface area (Å²) in [5.41, 5.74) is 5.58. The Morgan fingerprint density at radius 2 is 1.84 bits per heavy atom. The summed E-state index contributed by atoms with van der Waals surface area (Å²) in [5.74, 6) is -2.02. The Morgan fingerprint density at radius 3 is 2.44 bits per heavy atom. The highest BCUT2D eigenvalue weighted by Gasteiger charge is 2.24. The predicted octanol–water partition coefficient (Wildman–Crippen LogP) is 3.37. The lowest BCUT2D eigenvalue weighted by Crippen LogP contribution is -2.45. The molecule has 2 rings (SSSR count). The first-order valence-corrected chi connectivity index (χ1v) is 8.49. The van der Waals surface area contributed by atoms with Gasteiger partial charge in [0, 0.05) is 31.5 Å². The molecule has 1 fully saturated rings. The molecule has 1 atom stereocenters. The number of Topliss-reactive ketones (excluding diaryl/α,β-unsaturated/α-hetero) is 1. The number of ketones is 1. The van der Waals surface area contributed by atoms with Gasteiger partial charge in [-0.3, -0.25) is 9.59 Å². The van der Waals surface area contributed by atoms with E-state index < -0.39 is 17.4 Å². The Bertz CT molecular complexity index is 592. The number of amides is 1. The van der Waals surface area contributed by atoms with Crippen LogP contribution < -0.4 is 11.1 Å². The number of benzene rings is 1. The summed E-state index contributed by atoms with van der Waals surface area (Å²) < 4.78 is 26.4. The van der Waals surface area contributed by atoms with Crippen molar-refractivity contribution < 1.29 is 18.4 Å². The van der Waals surface area contributed by atoms with Crippen molar-refractivity contribution in [2.24, 2.45) is 11.7 Å². The van der Waals surface area contributed by atoms with Gasteiger partial charge < -0.3 is 11.1 Å². The molecule has 25 heavy (non-hydrogen) atoms. The van der Waals surface area contributed by atoms with Crippen molar-refractivity contribution >= 4 is 24.1 Å². The van der Waals surface area contributed by atoms with Gasteiger partial charge in [0.15, 0.2) is 5.78 Å². The third-order valence-corrected chi connectivity index (χ3v) is 4.63. The molecule has 1 aliphatic rings. The van der Waals surface area contributed by atoms with Crippen molar-refractivity contribution in [3.63, 3.8) is 0 Å². The molecular weight excluding hydrogens is 350 g/mol. The highest BCUT2D eigenvalue weighted by Crippen LogP contribution is 2.26. The van der Waals surface area contributed by atoms with Gasteiger partial charge in [0.05, 0.1) is 5.56 Å². The van der Waals surface area contributed by atoms with E-state index in [9.17, 15) is 18.4 Å². The summed E-state index contributed by atoms with van der Waals surface area (Å²) in [6, 6.07) is 2.73. The SMILES string of the molecule is Cl.NCC(NC(=O)CCC(=O)c1ccc(F)cc1F)C1CCCCC1. The maximum atomic E-state index is 13.6. The van der Waals surface area contributed by atoms with Gasteiger partial charge in [-0.2, -0.15) is 0 Å². The molecule has 1 aromatic rings. The van der Waals surface area contributed by atoms with E-state index in [4.69, 9.17) is 5.73 Å². The van der Waals surface area contributed by atoms with Gasteiger partial charge in [-0.15, -0.1) is 12.4 Å². The van der Waals surface area contributed by atoms with E-state index in [0.29, 0.717) is 18.5 Å². The third kappa shape index (κ3) is 6.36. The Kier molecular flexibility index (Phi) is 9.00. The van der Waals surface area contributed by atoms with Crippen LogP contribution >= 0.6 is 12.4 Å². The lowest BCUT2D eigenvalue weighted by atomic mass is 9.84. The van der Waals surface area contributed by atoms with Crippen LogP contribution in [0.1, 0.15) is 55.3 Å². The molecule has 0 spiro atoms. The molecule has 140 valence electrons. The van der Waals surface area contributed by atoms with E-state index >= 15 is 0 Å². The quantitative estimate of drug-likeness (QED) is 0.719. The second kappa shape index (κ2) is 10.5. The molecular formula is C18H25ClF2N2O2. The van der Waals surface area contributed by atoms with Crippen molar-refractivity contribution in [2.45, 2.75) is 51.0 Å². The third-order valence-electron chi connectivity index (χ3n) is 4.63. The first kappa shape index (κ1) is 21.5. The van der Waals surface area contributed by atoms with E-state index in [2.05, 4.69) is 5.32 Å². The molecule has 3 N–H and O–H groups in total. The molecule has 0 radical (unpaired) electrons. The topological polar surface area (TPSA) is 72.2 Å². The number of hydrogen-bond donors (Lipinski definition) is 2. The highest BCUT2D eigenvalue weighted by molar-refractivity contribution is 5.98. The Hall–Kier alpha value is -1.53. The molecule has 1 unspecified atom stereocenters. The average molecular weight is 375 g/mol. The van der Waals surface area contributed by atoms with E-state index in [0.717, 1.165) is 37.8 Å². The Morgan fingerprint density at radius 1 is 1.16 bits per heavy atom. The van der Waals surface area contributed by atoms with Gasteiger partial charge in [-0.25, -0.2) is 8.78 Å². The van der Waals surface area contributed by atoms with Crippen LogP contribution in [-0.2, 0) is 4.79 Å². The number of carbonyl (C=O) groups excluding carboxylic acids is 2. The van der Waals surface area contributed by atoms with Crippen molar-refractivity contribution in [1.82, 2.24) is 5.32 Å². The summed E-state index contributed by atoms with van der Waals surface area (Å²) >= 11 is 0. The summed E-state index contributed by atoms with van der Waals surface area (Å²) in [6.07, 6.45) is 5.50. The van der Waals surface area contributed by atoms with Crippen molar-refractivity contribution in [3.8, 4) is 0 Å². The number of hydrogen-bond acceptors (Lipinski definition) is 3. The van der Waals surface area contributed by atoms with Crippen LogP contribution in [0.5, 0.6) is 0 Å². The maximum absolute atomic E-state index is 13.6. The Balaban J connectivity index is 0.00000312. The molecule has 4 nitrogen and oxygen atoms in total. The van der Waals surface area contributed by atoms with Gasteiger partial charge in [-0.05, 0) is 30.9 Å². The number of halogens is 3. The fourth-order valence-corrected chi connectivity index (χ4v) is 3.26. The number of nitrogens with two attached hydrogens (primary N) is 1. The zero-order chi connectivity index (χ0) is 17.5. The molecule has 0 bridgehead atoms. The van der Waals surface area contributed by atoms with Crippen LogP contribution in [0.25, 0.3) is 0 Å². The van der Waals surface area contributed by atoms with Gasteiger partial charge in [0.2, 0.25) is 5.91 Å². The van der Waals surface area contributed by atoms with E-state index in [-0.39, 0.29) is 42.8 Å². The molecule has 1 aromatic carbocycles. The second-order valence-corrected chi connectivity index (χ2v) is 6.36. The van der Waals surface area contributed by atoms with Crippen LogP contribution in [0, 0.1) is 17.6 Å². The van der Waals surface area contributed by atoms with Gasteiger partial charge >= 0.3 is 0 Å². The van der Waals surface area contributed by atoms with Crippen molar-refractivity contribution in [1.29, 1.82) is 0 Å². The summed E-state index contributed by atoms with van der Waals surface area (Å²) in [6.45, 7) is 0.372. The maximum Gasteiger partial charge on any atom is 0.220 e. The highest BCUT2D eigenvalue weighted by atomic mass is 35.5. The minimum Gasteiger partial charge on any atom is -0.352 e. The molecule has 7 heteroatoms. The molecule has 0 aliphatic heterocycles. The lowest BCUT2D eigenvalue weighted by Gasteiger charge is -2.30. The molecule has 1 saturated carbocycles. The Labute approximate surface area is 153 Å². The molecule has 0 aromatic heterocycles. The first-order valence-electron chi connectivity index (χ1n) is 8.49. The zero-order valence-electron chi connectivity index (χ0n) is 14.1. The molecule has 1 aliphatic carbocycles. The lowest BCUT2D eigenvalue weighted by molar-refractivity contribution is -0.122. The van der Waals surface area contributed by atoms with Crippen LogP contribution in [0.2, 0.25) is 0 Å². The first-order chi connectivity index (χ1) is 11.5. The number of rotatable bonds is 7. The van der Waals surface area contributed by atoms with Gasteiger partial charge in [0.25, 0.3) is 0 Å². The standard InChI is InChI=1S/C18H24F2N2O2.ClH/c19-13-6-7-14(15(20)10-13)17(23)8-9-18(24)22-16(11-21)12-4-2-1-3-5-12;/h6-7,10,12,16H,1-5,8-9,11,21H2,(H,22,24);1H. The summed E-state index contributed by atoms with van der Waals surface area (Å²) in [5, 5.41) is 2.90. The molecule has 1 amide bonds. The fourth-order valence-electron chi connectivity index (χ4n) is 3.26. The minimum atomic E-state index is -0.901. The monoisotopic (exact) mass is 374 g/mol. The average Bonchev–Trinajstić information content (AvgIpc) is 2.58. The molecule has 0 heterocycles. The van der Waals surface area contributed by atoms with Crippen molar-refractivity contribution in [2.75, 3.05) is 6.54 Å². The van der Waals surface area contributed by atoms with E-state index in [1.807, 2.05) is 0 Å². The van der Waals surface area contributed by atoms with Gasteiger partial charge in [0.1, 0.15) is 11.6 Å². The predicted molar refractivity (Wildman–Crippen MR) is 94.7 cm³/mol. The van der Waals surface area contributed by atoms with Crippen molar-refractivity contribution in [3.05, 3.63) is 35.4 Å². The van der Waals surface area contributed by atoms with E-state index in [1.54, 1.807) is 0 Å². The largest absolute Gasteiger partial charge is 0.352 e. The molecule has 0 saturated heterocycles. The smallest absolute Gasteiger partial charge is 0.220 e. The van der Waals surface area contributed by atoms with Crippen LogP contribution in [0.4, 0.5) is 8.78 Å². The number of nitrogens with one attached hydrogen (secondary N) is 1. The minimum absolute atomic E-state index is 0. The van der Waals surface area contributed by atoms with Crippen LogP contribution in [0.3, 0.4) is 0 Å². The van der Waals surface area contributed by atoms with Crippen LogP contribution in [0.15, 0.2) is 18.2 Å². The summed E-state index contributed by atoms with van der Waals surface area (Å²) in [4.78, 5) is 24.0. The fraction of sp³-hybridized carbons (Fsp3) is 0.556. The second-order valence-electron chi connectivity index (χ2n) is 6.36. The van der Waals surface area contributed by atoms with Gasteiger partial charge in [-0.1, -0.05) is 19.3 Å². The van der Waals surface area contributed by atoms with E-state index in [1.165, 1.54) is 6.42 Å².